The fourth-order valence-corrected chi connectivity index (χ4v) is 9.61. The molecule has 2 heteroatoms. The molecular formula is C45H39NS. The third-order valence-corrected chi connectivity index (χ3v) is 13.0. The molecular weight excluding hydrogens is 587 g/mol. The monoisotopic (exact) mass is 625 g/mol. The number of hydrogen-bond donors (Lipinski definition) is 0. The van der Waals surface area contributed by atoms with Crippen molar-refractivity contribution in [3.63, 3.8) is 0 Å². The topological polar surface area (TPSA) is 3.24 Å². The maximum atomic E-state index is 2.51. The Hall–Kier alpha value is -4.66. The maximum Gasteiger partial charge on any atom is 0.0468 e. The zero-order valence-corrected chi connectivity index (χ0v) is 28.8. The summed E-state index contributed by atoms with van der Waals surface area (Å²) in [7, 11) is 0. The number of anilines is 3. The van der Waals surface area contributed by atoms with Crippen molar-refractivity contribution >= 4 is 48.6 Å². The second-order valence-electron chi connectivity index (χ2n) is 15.0. The highest BCUT2D eigenvalue weighted by molar-refractivity contribution is 7.25. The summed E-state index contributed by atoms with van der Waals surface area (Å²) in [6, 6.07) is 47.9. The largest absolute Gasteiger partial charge is 0.310 e. The van der Waals surface area contributed by atoms with Gasteiger partial charge in [-0.1, -0.05) is 114 Å². The van der Waals surface area contributed by atoms with Crippen LogP contribution < -0.4 is 4.90 Å². The van der Waals surface area contributed by atoms with Gasteiger partial charge in [0.15, 0.2) is 0 Å². The van der Waals surface area contributed by atoms with Gasteiger partial charge in [-0.05, 0) is 110 Å². The Balaban J connectivity index is 1.27. The molecule has 9 rings (SSSR count). The van der Waals surface area contributed by atoms with Crippen molar-refractivity contribution in [3.8, 4) is 22.3 Å². The highest BCUT2D eigenvalue weighted by Crippen LogP contribution is 2.57. The summed E-state index contributed by atoms with van der Waals surface area (Å²) in [5, 5.41) is 2.74. The molecule has 0 fully saturated rings. The van der Waals surface area contributed by atoms with Crippen molar-refractivity contribution < 1.29 is 0 Å². The summed E-state index contributed by atoms with van der Waals surface area (Å²) in [5.41, 5.74) is 14.4. The molecule has 1 heterocycles. The summed E-state index contributed by atoms with van der Waals surface area (Å²) in [5.74, 6) is 0. The van der Waals surface area contributed by atoms with Crippen LogP contribution in [0.1, 0.15) is 63.8 Å². The molecule has 1 aromatic heterocycles. The lowest BCUT2D eigenvalue weighted by atomic mass is 9.55. The summed E-state index contributed by atoms with van der Waals surface area (Å²) in [6.45, 7) is 14.5. The first kappa shape index (κ1) is 28.6. The Morgan fingerprint density at radius 1 is 0.404 bits per heavy atom. The molecule has 0 saturated carbocycles. The fourth-order valence-electron chi connectivity index (χ4n) is 8.48. The van der Waals surface area contributed by atoms with Crippen LogP contribution >= 0.6 is 11.3 Å². The number of hydrogen-bond acceptors (Lipinski definition) is 2. The van der Waals surface area contributed by atoms with E-state index >= 15 is 0 Å². The van der Waals surface area contributed by atoms with Crippen LogP contribution in [0.5, 0.6) is 0 Å². The smallest absolute Gasteiger partial charge is 0.0468 e. The Morgan fingerprint density at radius 3 is 1.87 bits per heavy atom. The molecule has 0 bridgehead atoms. The predicted molar refractivity (Wildman–Crippen MR) is 203 cm³/mol. The third kappa shape index (κ3) is 3.88. The van der Waals surface area contributed by atoms with Crippen LogP contribution in [0.15, 0.2) is 127 Å². The van der Waals surface area contributed by atoms with Crippen molar-refractivity contribution in [1.82, 2.24) is 0 Å². The Morgan fingerprint density at radius 2 is 1.04 bits per heavy atom. The van der Waals surface area contributed by atoms with Crippen molar-refractivity contribution in [2.24, 2.45) is 0 Å². The highest BCUT2D eigenvalue weighted by Gasteiger charge is 2.46. The van der Waals surface area contributed by atoms with E-state index in [9.17, 15) is 0 Å². The number of fused-ring (bicyclic) bond motifs is 9. The van der Waals surface area contributed by atoms with E-state index in [1.54, 1.807) is 0 Å². The standard InChI is InChI=1S/C45H39NS/c1-43(2)37-18-12-10-16-31(37)32-22-20-30(25-39(32)43)46(28-14-8-7-9-15-28)29-21-23-38-34(24-29)35-27-42-36(33-17-11-13-19-41(33)47-42)26-40(35)45(5,6)44(38,3)4/h7-27H,1-6H3. The molecule has 0 radical (unpaired) electrons. The SMILES string of the molecule is CC1(C)c2ccccc2-c2ccc(N(c3ccccc3)c3ccc4c(c3)-c3cc5sc6ccccc6c5cc3C(C)(C)C4(C)C)cc21. The number of benzene rings is 6. The molecule has 2 aliphatic rings. The molecule has 0 atom stereocenters. The lowest BCUT2D eigenvalue weighted by Crippen LogP contribution is -2.43. The van der Waals surface area contributed by atoms with Gasteiger partial charge in [-0.15, -0.1) is 11.3 Å². The van der Waals surface area contributed by atoms with Crippen LogP contribution in [0.3, 0.4) is 0 Å². The lowest BCUT2D eigenvalue weighted by Gasteiger charge is -2.48. The average Bonchev–Trinajstić information content (AvgIpc) is 3.55. The van der Waals surface area contributed by atoms with Crippen LogP contribution in [0.4, 0.5) is 17.1 Å². The third-order valence-electron chi connectivity index (χ3n) is 11.8. The van der Waals surface area contributed by atoms with Crippen LogP contribution in [0, 0.1) is 0 Å². The Bertz CT molecular complexity index is 2390. The quantitative estimate of drug-likeness (QED) is 0.189. The highest BCUT2D eigenvalue weighted by atomic mass is 32.1. The number of para-hydroxylation sites is 1. The van der Waals surface area contributed by atoms with Crippen LogP contribution in [-0.4, -0.2) is 0 Å². The van der Waals surface area contributed by atoms with Crippen molar-refractivity contribution in [2.75, 3.05) is 4.90 Å². The predicted octanol–water partition coefficient (Wildman–Crippen LogP) is 13.1. The Labute approximate surface area is 282 Å². The van der Waals surface area contributed by atoms with E-state index in [-0.39, 0.29) is 16.2 Å². The number of nitrogens with zero attached hydrogens (tertiary/aromatic N) is 1. The normalized spacial score (nSPS) is 16.4. The summed E-state index contributed by atoms with van der Waals surface area (Å²) in [4.78, 5) is 2.45. The van der Waals surface area contributed by atoms with Gasteiger partial charge in [0.1, 0.15) is 0 Å². The van der Waals surface area contributed by atoms with Gasteiger partial charge in [0.2, 0.25) is 0 Å². The first-order valence-electron chi connectivity index (χ1n) is 16.8. The van der Waals surface area contributed by atoms with Gasteiger partial charge in [-0.25, -0.2) is 0 Å². The van der Waals surface area contributed by atoms with Crippen molar-refractivity contribution in [3.05, 3.63) is 150 Å². The minimum absolute atomic E-state index is 0.0478. The van der Waals surface area contributed by atoms with Crippen LogP contribution in [-0.2, 0) is 16.2 Å². The van der Waals surface area contributed by atoms with Gasteiger partial charge in [-0.2, -0.15) is 0 Å². The van der Waals surface area contributed by atoms with E-state index in [0.717, 1.165) is 5.69 Å². The van der Waals surface area contributed by atoms with Gasteiger partial charge >= 0.3 is 0 Å². The van der Waals surface area contributed by atoms with Crippen LogP contribution in [0.2, 0.25) is 0 Å². The number of rotatable bonds is 3. The molecule has 7 aromatic rings. The molecule has 1 nitrogen and oxygen atoms in total. The van der Waals surface area contributed by atoms with E-state index < -0.39 is 0 Å². The van der Waals surface area contributed by atoms with Gasteiger partial charge < -0.3 is 4.90 Å². The van der Waals surface area contributed by atoms with Crippen molar-refractivity contribution in [1.29, 1.82) is 0 Å². The summed E-state index contributed by atoms with van der Waals surface area (Å²) in [6.07, 6.45) is 0. The van der Waals surface area contributed by atoms with Gasteiger partial charge in [-0.3, -0.25) is 0 Å². The molecule has 0 amide bonds. The first-order valence-corrected chi connectivity index (χ1v) is 17.6. The zero-order chi connectivity index (χ0) is 32.3. The van der Waals surface area contributed by atoms with Gasteiger partial charge in [0.25, 0.3) is 0 Å². The van der Waals surface area contributed by atoms with Gasteiger partial charge in [0, 0.05) is 42.6 Å². The molecule has 0 saturated heterocycles. The van der Waals surface area contributed by atoms with E-state index in [1.165, 1.54) is 76.1 Å². The second kappa shape index (κ2) is 9.69. The molecule has 0 N–H and O–H groups in total. The van der Waals surface area contributed by atoms with Crippen LogP contribution in [0.25, 0.3) is 42.4 Å². The van der Waals surface area contributed by atoms with E-state index in [0.29, 0.717) is 0 Å². The zero-order valence-electron chi connectivity index (χ0n) is 28.0. The minimum Gasteiger partial charge on any atom is -0.310 e. The average molecular weight is 626 g/mol. The van der Waals surface area contributed by atoms with Gasteiger partial charge in [0.05, 0.1) is 0 Å². The summed E-state index contributed by atoms with van der Waals surface area (Å²) >= 11 is 1.91. The van der Waals surface area contributed by atoms with E-state index in [1.807, 2.05) is 11.3 Å². The molecule has 230 valence electrons. The molecule has 2 aliphatic carbocycles. The van der Waals surface area contributed by atoms with Crippen molar-refractivity contribution in [2.45, 2.75) is 57.8 Å². The molecule has 0 aliphatic heterocycles. The summed E-state index contributed by atoms with van der Waals surface area (Å²) < 4.78 is 2.71. The molecule has 47 heavy (non-hydrogen) atoms. The minimum atomic E-state index is -0.0652. The molecule has 6 aromatic carbocycles. The number of thiophene rings is 1. The van der Waals surface area contributed by atoms with E-state index in [4.69, 9.17) is 0 Å². The first-order chi connectivity index (χ1) is 22.6. The maximum absolute atomic E-state index is 2.51. The Kier molecular flexibility index (Phi) is 5.88. The lowest BCUT2D eigenvalue weighted by molar-refractivity contribution is 0.299. The second-order valence-corrected chi connectivity index (χ2v) is 16.1. The molecule has 0 spiro atoms. The fraction of sp³-hybridized carbons (Fsp3) is 0.200. The molecule has 0 unspecified atom stereocenters. The van der Waals surface area contributed by atoms with E-state index in [2.05, 4.69) is 174 Å².